The molecule has 2 aromatic rings. The Labute approximate surface area is 155 Å². The van der Waals surface area contributed by atoms with Gasteiger partial charge in [0.15, 0.2) is 0 Å². The summed E-state index contributed by atoms with van der Waals surface area (Å²) in [6, 6.07) is 13.3. The number of pyridine rings is 1. The molecule has 3 atom stereocenters. The van der Waals surface area contributed by atoms with Crippen molar-refractivity contribution in [2.24, 2.45) is 5.92 Å². The van der Waals surface area contributed by atoms with Crippen molar-refractivity contribution in [1.82, 2.24) is 9.88 Å². The minimum Gasteiger partial charge on any atom is -0.497 e. The molecular weight excluding hydrogens is 336 g/mol. The van der Waals surface area contributed by atoms with Gasteiger partial charge in [-0.05, 0) is 48.9 Å². The molecule has 0 spiro atoms. The van der Waals surface area contributed by atoms with Crippen LogP contribution in [0.15, 0.2) is 48.8 Å². The summed E-state index contributed by atoms with van der Waals surface area (Å²) < 4.78 is 11.4. The molecule has 1 saturated heterocycles. The van der Waals surface area contributed by atoms with Crippen LogP contribution in [0.2, 0.25) is 0 Å². The van der Waals surface area contributed by atoms with Crippen LogP contribution in [0.1, 0.15) is 24.8 Å². The topological polar surface area (TPSA) is 34.6 Å². The molecule has 2 aliphatic rings. The highest BCUT2D eigenvalue weighted by Crippen LogP contribution is 2.43. The molecule has 0 amide bonds. The van der Waals surface area contributed by atoms with Gasteiger partial charge >= 0.3 is 0 Å². The molecule has 4 rings (SSSR count). The number of rotatable bonds is 6. The van der Waals surface area contributed by atoms with Crippen LogP contribution in [0, 0.1) is 5.92 Å². The van der Waals surface area contributed by atoms with E-state index >= 15 is 0 Å². The number of halogens is 1. The Kier molecular flexibility index (Phi) is 5.82. The van der Waals surface area contributed by atoms with Gasteiger partial charge in [0, 0.05) is 37.1 Å². The van der Waals surface area contributed by atoms with E-state index in [-0.39, 0.29) is 12.4 Å². The van der Waals surface area contributed by atoms with E-state index in [9.17, 15) is 0 Å². The van der Waals surface area contributed by atoms with Crippen molar-refractivity contribution in [1.29, 1.82) is 0 Å². The number of likely N-dealkylation sites (tertiary alicyclic amines) is 1. The van der Waals surface area contributed by atoms with Crippen molar-refractivity contribution in [3.63, 3.8) is 0 Å². The third kappa shape index (κ3) is 3.91. The van der Waals surface area contributed by atoms with Crippen LogP contribution in [0.4, 0.5) is 0 Å². The van der Waals surface area contributed by atoms with Crippen molar-refractivity contribution in [2.75, 3.05) is 13.7 Å². The monoisotopic (exact) mass is 360 g/mol. The Balaban J connectivity index is 0.00000182. The van der Waals surface area contributed by atoms with Gasteiger partial charge in [0.05, 0.1) is 7.11 Å². The third-order valence-corrected chi connectivity index (χ3v) is 5.43. The molecular formula is C20H25ClN2O2. The highest BCUT2D eigenvalue weighted by Gasteiger charge is 2.45. The standard InChI is InChI=1S/C20H24N2O2.ClH/c1-23-18-5-2-6-19(11-18)24-14-20-16-7-8-17(10-16)22(20)13-15-4-3-9-21-12-15;/h2-6,9,11-12,16-17,20H,7-8,10,13-14H2,1H3;1H/t16?,17?,20-;/m1./s1. The van der Waals surface area contributed by atoms with E-state index in [0.717, 1.165) is 30.6 Å². The first-order valence-electron chi connectivity index (χ1n) is 8.75. The molecule has 1 aliphatic heterocycles. The van der Waals surface area contributed by atoms with Gasteiger partial charge in [-0.2, -0.15) is 0 Å². The van der Waals surface area contributed by atoms with E-state index in [0.29, 0.717) is 12.1 Å². The molecule has 2 fully saturated rings. The molecule has 0 radical (unpaired) electrons. The minimum atomic E-state index is 0. The van der Waals surface area contributed by atoms with E-state index in [1.54, 1.807) is 7.11 Å². The number of piperidine rings is 1. The van der Waals surface area contributed by atoms with Crippen LogP contribution >= 0.6 is 12.4 Å². The molecule has 1 aliphatic carbocycles. The summed E-state index contributed by atoms with van der Waals surface area (Å²) >= 11 is 0. The maximum atomic E-state index is 6.12. The molecule has 4 nitrogen and oxygen atoms in total. The largest absolute Gasteiger partial charge is 0.497 e. The third-order valence-electron chi connectivity index (χ3n) is 5.43. The van der Waals surface area contributed by atoms with Gasteiger partial charge in [-0.3, -0.25) is 9.88 Å². The molecule has 2 heterocycles. The fraction of sp³-hybridized carbons (Fsp3) is 0.450. The molecule has 1 aromatic heterocycles. The fourth-order valence-corrected chi connectivity index (χ4v) is 4.24. The molecule has 5 heteroatoms. The zero-order chi connectivity index (χ0) is 16.4. The van der Waals surface area contributed by atoms with E-state index in [2.05, 4.69) is 16.0 Å². The number of benzene rings is 1. The highest BCUT2D eigenvalue weighted by molar-refractivity contribution is 5.85. The smallest absolute Gasteiger partial charge is 0.123 e. The summed E-state index contributed by atoms with van der Waals surface area (Å²) in [7, 11) is 1.69. The second kappa shape index (κ2) is 8.07. The molecule has 25 heavy (non-hydrogen) atoms. The van der Waals surface area contributed by atoms with Crippen LogP contribution in [0.5, 0.6) is 11.5 Å². The van der Waals surface area contributed by atoms with E-state index in [1.807, 2.05) is 42.7 Å². The summed E-state index contributed by atoms with van der Waals surface area (Å²) in [5.41, 5.74) is 1.29. The maximum Gasteiger partial charge on any atom is 0.123 e. The van der Waals surface area contributed by atoms with Gasteiger partial charge in [0.25, 0.3) is 0 Å². The lowest BCUT2D eigenvalue weighted by Gasteiger charge is -2.35. The Bertz CT molecular complexity index is 682. The average molecular weight is 361 g/mol. The van der Waals surface area contributed by atoms with Gasteiger partial charge in [0.1, 0.15) is 18.1 Å². The quantitative estimate of drug-likeness (QED) is 0.781. The molecule has 2 unspecified atom stereocenters. The van der Waals surface area contributed by atoms with Crippen molar-refractivity contribution < 1.29 is 9.47 Å². The van der Waals surface area contributed by atoms with Crippen LogP contribution in [-0.2, 0) is 6.54 Å². The highest BCUT2D eigenvalue weighted by atomic mass is 35.5. The minimum absolute atomic E-state index is 0. The summed E-state index contributed by atoms with van der Waals surface area (Å²) in [5.74, 6) is 2.49. The van der Waals surface area contributed by atoms with Crippen molar-refractivity contribution in [3.8, 4) is 11.5 Å². The molecule has 1 saturated carbocycles. The summed E-state index contributed by atoms with van der Waals surface area (Å²) in [6.07, 6.45) is 7.78. The van der Waals surface area contributed by atoms with Gasteiger partial charge < -0.3 is 9.47 Å². The van der Waals surface area contributed by atoms with Gasteiger partial charge in [-0.1, -0.05) is 12.1 Å². The Hall–Kier alpha value is -1.78. The summed E-state index contributed by atoms with van der Waals surface area (Å²) in [5, 5.41) is 0. The lowest BCUT2D eigenvalue weighted by molar-refractivity contribution is 0.0866. The zero-order valence-electron chi connectivity index (χ0n) is 14.5. The van der Waals surface area contributed by atoms with Gasteiger partial charge in [-0.15, -0.1) is 12.4 Å². The van der Waals surface area contributed by atoms with Crippen molar-refractivity contribution in [2.45, 2.75) is 37.9 Å². The van der Waals surface area contributed by atoms with Crippen LogP contribution in [0.25, 0.3) is 0 Å². The summed E-state index contributed by atoms with van der Waals surface area (Å²) in [4.78, 5) is 6.89. The average Bonchev–Trinajstić information content (AvgIpc) is 3.23. The second-order valence-corrected chi connectivity index (χ2v) is 6.82. The Morgan fingerprint density at radius 1 is 1.16 bits per heavy atom. The maximum absolute atomic E-state index is 6.12. The van der Waals surface area contributed by atoms with Crippen LogP contribution < -0.4 is 9.47 Å². The molecule has 1 aromatic carbocycles. The van der Waals surface area contributed by atoms with Gasteiger partial charge in [0.2, 0.25) is 0 Å². The first-order valence-corrected chi connectivity index (χ1v) is 8.75. The first kappa shape index (κ1) is 18.0. The van der Waals surface area contributed by atoms with Gasteiger partial charge in [-0.25, -0.2) is 0 Å². The lowest BCUT2D eigenvalue weighted by atomic mass is 9.99. The predicted octanol–water partition coefficient (Wildman–Crippen LogP) is 3.94. The lowest BCUT2D eigenvalue weighted by Crippen LogP contribution is -2.43. The number of ether oxygens (including phenoxy) is 2. The van der Waals surface area contributed by atoms with E-state index < -0.39 is 0 Å². The number of hydrogen-bond acceptors (Lipinski definition) is 4. The number of hydrogen-bond donors (Lipinski definition) is 0. The molecule has 0 N–H and O–H groups in total. The number of fused-ring (bicyclic) bond motifs is 2. The number of aromatic nitrogens is 1. The second-order valence-electron chi connectivity index (χ2n) is 6.82. The first-order chi connectivity index (χ1) is 11.8. The number of methoxy groups -OCH3 is 1. The van der Waals surface area contributed by atoms with Crippen molar-refractivity contribution >= 4 is 12.4 Å². The predicted molar refractivity (Wildman–Crippen MR) is 100 cm³/mol. The summed E-state index contributed by atoms with van der Waals surface area (Å²) in [6.45, 7) is 1.72. The normalized spacial score (nSPS) is 24.8. The van der Waals surface area contributed by atoms with Crippen LogP contribution in [-0.4, -0.2) is 35.7 Å². The van der Waals surface area contributed by atoms with E-state index in [4.69, 9.17) is 9.47 Å². The van der Waals surface area contributed by atoms with E-state index in [1.165, 1.54) is 24.8 Å². The van der Waals surface area contributed by atoms with Crippen LogP contribution in [0.3, 0.4) is 0 Å². The zero-order valence-corrected chi connectivity index (χ0v) is 15.3. The van der Waals surface area contributed by atoms with Crippen molar-refractivity contribution in [3.05, 3.63) is 54.4 Å². The Morgan fingerprint density at radius 2 is 2.04 bits per heavy atom. The number of nitrogens with zero attached hydrogens (tertiary/aromatic N) is 2. The Morgan fingerprint density at radius 3 is 2.84 bits per heavy atom. The SMILES string of the molecule is COc1cccc(OC[C@@H]2C3CCC(C3)N2Cc2cccnc2)c1.Cl. The molecule has 134 valence electrons. The molecule has 2 bridgehead atoms. The fourth-order valence-electron chi connectivity index (χ4n) is 4.24.